The van der Waals surface area contributed by atoms with Gasteiger partial charge in [0.05, 0.1) is 22.2 Å². The van der Waals surface area contributed by atoms with Crippen LogP contribution in [0, 0.1) is 0 Å². The molecule has 4 aliphatic carbocycles. The van der Waals surface area contributed by atoms with E-state index >= 15 is 0 Å². The van der Waals surface area contributed by atoms with Crippen molar-refractivity contribution in [3.8, 4) is 55.6 Å². The normalized spacial score (nSPS) is 13.7. The summed E-state index contributed by atoms with van der Waals surface area (Å²) in [5.41, 5.74) is 29.2. The topological polar surface area (TPSA) is 6.48 Å². The average molecular weight is 1070 g/mol. The fraction of sp³-hybridized carbons (Fsp3) is 0.0244. The van der Waals surface area contributed by atoms with Crippen molar-refractivity contribution < 1.29 is 0 Å². The number of nitrogens with zero attached hydrogens (tertiary/aromatic N) is 2. The first-order chi connectivity index (χ1) is 41.7. The zero-order chi connectivity index (χ0) is 55.1. The molecule has 0 aromatic heterocycles. The van der Waals surface area contributed by atoms with E-state index in [-0.39, 0.29) is 0 Å². The average Bonchev–Trinajstić information content (AvgIpc) is 1.61. The summed E-state index contributed by atoms with van der Waals surface area (Å²) in [6.07, 6.45) is 0. The van der Waals surface area contributed by atoms with Crippen LogP contribution in [0.25, 0.3) is 77.2 Å². The molecule has 14 aromatic carbocycles. The van der Waals surface area contributed by atoms with Crippen molar-refractivity contribution >= 4 is 55.7 Å². The van der Waals surface area contributed by atoms with E-state index in [4.69, 9.17) is 0 Å². The third-order valence-corrected chi connectivity index (χ3v) is 19.1. The van der Waals surface area contributed by atoms with Crippen molar-refractivity contribution in [2.75, 3.05) is 9.80 Å². The molecule has 390 valence electrons. The van der Waals surface area contributed by atoms with Gasteiger partial charge < -0.3 is 9.80 Å². The number of fused-ring (bicyclic) bond motifs is 22. The standard InChI is InChI=1S/C82H52N2/c1-3-23-61-55(19-1)21-17-37-79(61)83(59-47-49-69-67-29-9-15-35-75(67)81(77(69)51-59)71-31-11-5-25-63(71)64-26-6-12-32-72(64)81)57-43-39-53(40-44-57)54-41-45-58(46-42-54)84(80-38-18-22-56-20-2-4-24-62(56)80)60-48-50-70-68-30-10-16-36-76(68)82(78(70)52-60)73-33-13-7-27-65(73)66-28-8-14-34-74(66)82/h1-52H. The summed E-state index contributed by atoms with van der Waals surface area (Å²) in [6, 6.07) is 118. The molecule has 0 saturated heterocycles. The highest BCUT2D eigenvalue weighted by molar-refractivity contribution is 6.03. The molecule has 0 saturated carbocycles. The second kappa shape index (κ2) is 17.8. The Morgan fingerprint density at radius 3 is 0.786 bits per heavy atom. The molecule has 2 heteroatoms. The first-order valence-corrected chi connectivity index (χ1v) is 29.3. The molecule has 4 aliphatic rings. The number of benzene rings is 14. The summed E-state index contributed by atoms with van der Waals surface area (Å²) in [6.45, 7) is 0. The van der Waals surface area contributed by atoms with Gasteiger partial charge in [-0.25, -0.2) is 0 Å². The minimum absolute atomic E-state index is 0.457. The van der Waals surface area contributed by atoms with Gasteiger partial charge in [0.25, 0.3) is 0 Å². The van der Waals surface area contributed by atoms with Gasteiger partial charge in [-0.1, -0.05) is 255 Å². The molecule has 0 fully saturated rings. The number of anilines is 6. The second-order valence-corrected chi connectivity index (χ2v) is 23.0. The van der Waals surface area contributed by atoms with Gasteiger partial charge in [0, 0.05) is 33.5 Å². The van der Waals surface area contributed by atoms with Crippen LogP contribution in [0.3, 0.4) is 0 Å². The molecular weight excluding hydrogens is 1010 g/mol. The van der Waals surface area contributed by atoms with Crippen LogP contribution in [0.2, 0.25) is 0 Å². The van der Waals surface area contributed by atoms with E-state index in [9.17, 15) is 0 Å². The molecule has 14 aromatic rings. The van der Waals surface area contributed by atoms with Crippen LogP contribution >= 0.6 is 0 Å². The van der Waals surface area contributed by atoms with Crippen molar-refractivity contribution in [2.45, 2.75) is 10.8 Å². The predicted molar refractivity (Wildman–Crippen MR) is 349 cm³/mol. The fourth-order valence-electron chi connectivity index (χ4n) is 15.7. The summed E-state index contributed by atoms with van der Waals surface area (Å²) in [4.78, 5) is 4.95. The molecule has 0 radical (unpaired) electrons. The number of hydrogen-bond acceptors (Lipinski definition) is 2. The molecule has 2 spiro atoms. The lowest BCUT2D eigenvalue weighted by Gasteiger charge is -2.32. The van der Waals surface area contributed by atoms with Gasteiger partial charge in [0.2, 0.25) is 0 Å². The lowest BCUT2D eigenvalue weighted by Crippen LogP contribution is -2.26. The van der Waals surface area contributed by atoms with Crippen molar-refractivity contribution in [1.82, 2.24) is 0 Å². The zero-order valence-electron chi connectivity index (χ0n) is 45.9. The van der Waals surface area contributed by atoms with Crippen LogP contribution in [0.5, 0.6) is 0 Å². The van der Waals surface area contributed by atoms with Crippen LogP contribution in [0.4, 0.5) is 34.1 Å². The van der Waals surface area contributed by atoms with Crippen LogP contribution in [-0.4, -0.2) is 0 Å². The Kier molecular flexibility index (Phi) is 9.97. The molecule has 0 unspecified atom stereocenters. The minimum atomic E-state index is -0.457. The molecule has 0 heterocycles. The van der Waals surface area contributed by atoms with Crippen molar-refractivity contribution in [3.63, 3.8) is 0 Å². The first-order valence-electron chi connectivity index (χ1n) is 29.3. The van der Waals surface area contributed by atoms with E-state index in [2.05, 4.69) is 325 Å². The summed E-state index contributed by atoms with van der Waals surface area (Å²) >= 11 is 0. The van der Waals surface area contributed by atoms with Gasteiger partial charge in [-0.3, -0.25) is 0 Å². The van der Waals surface area contributed by atoms with Crippen molar-refractivity contribution in [2.24, 2.45) is 0 Å². The smallest absolute Gasteiger partial charge is 0.0726 e. The number of hydrogen-bond donors (Lipinski definition) is 0. The maximum atomic E-state index is 2.50. The highest BCUT2D eigenvalue weighted by Gasteiger charge is 2.53. The summed E-state index contributed by atoms with van der Waals surface area (Å²) in [5, 5.41) is 4.81. The molecule has 0 atom stereocenters. The largest absolute Gasteiger partial charge is 0.310 e. The van der Waals surface area contributed by atoms with E-state index in [1.165, 1.54) is 111 Å². The van der Waals surface area contributed by atoms with E-state index in [0.29, 0.717) is 0 Å². The molecule has 18 rings (SSSR count). The monoisotopic (exact) mass is 1060 g/mol. The Hall–Kier alpha value is -10.8. The fourth-order valence-corrected chi connectivity index (χ4v) is 15.7. The minimum Gasteiger partial charge on any atom is -0.310 e. The Morgan fingerprint density at radius 1 is 0.190 bits per heavy atom. The lowest BCUT2D eigenvalue weighted by molar-refractivity contribution is 0.793. The third kappa shape index (κ3) is 6.34. The molecule has 2 nitrogen and oxygen atoms in total. The van der Waals surface area contributed by atoms with E-state index in [0.717, 1.165) is 45.3 Å². The first kappa shape index (κ1) is 46.9. The third-order valence-electron chi connectivity index (χ3n) is 19.1. The lowest BCUT2D eigenvalue weighted by atomic mass is 9.70. The summed E-state index contributed by atoms with van der Waals surface area (Å²) in [7, 11) is 0. The van der Waals surface area contributed by atoms with Crippen LogP contribution in [0.15, 0.2) is 315 Å². The van der Waals surface area contributed by atoms with E-state index in [1.54, 1.807) is 0 Å². The molecule has 84 heavy (non-hydrogen) atoms. The summed E-state index contributed by atoms with van der Waals surface area (Å²) in [5.74, 6) is 0. The number of rotatable bonds is 7. The zero-order valence-corrected chi connectivity index (χ0v) is 45.9. The van der Waals surface area contributed by atoms with Gasteiger partial charge in [-0.05, 0) is 172 Å². The Morgan fingerprint density at radius 2 is 0.452 bits per heavy atom. The highest BCUT2D eigenvalue weighted by atomic mass is 15.1. The quantitative estimate of drug-likeness (QED) is 0.157. The van der Waals surface area contributed by atoms with Crippen LogP contribution < -0.4 is 9.80 Å². The maximum Gasteiger partial charge on any atom is 0.0726 e. The van der Waals surface area contributed by atoms with Gasteiger partial charge >= 0.3 is 0 Å². The maximum absolute atomic E-state index is 2.50. The van der Waals surface area contributed by atoms with Gasteiger partial charge in [0.15, 0.2) is 0 Å². The summed E-state index contributed by atoms with van der Waals surface area (Å²) < 4.78 is 0. The van der Waals surface area contributed by atoms with Crippen LogP contribution in [-0.2, 0) is 10.8 Å². The van der Waals surface area contributed by atoms with Crippen LogP contribution in [0.1, 0.15) is 44.5 Å². The SMILES string of the molecule is c1ccc2c(c1)-c1ccccc1C21c2ccccc2-c2ccc(N(c3ccc(-c4ccc(N(c5ccc6c(c5)C5(c7ccccc7-c7ccccc75)c5ccccc5-6)c5cccc6ccccc56)cc4)cc3)c3cccc4ccccc34)cc21. The molecule has 0 amide bonds. The molecule has 0 N–H and O–H groups in total. The van der Waals surface area contributed by atoms with Crippen molar-refractivity contribution in [1.29, 1.82) is 0 Å². The molecular formula is C82H52N2. The Bertz CT molecular complexity index is 4590. The molecule has 0 bridgehead atoms. The van der Waals surface area contributed by atoms with Gasteiger partial charge in [-0.15, -0.1) is 0 Å². The van der Waals surface area contributed by atoms with Crippen molar-refractivity contribution in [3.05, 3.63) is 360 Å². The Balaban J connectivity index is 0.765. The predicted octanol–water partition coefficient (Wildman–Crippen LogP) is 21.3. The van der Waals surface area contributed by atoms with Gasteiger partial charge in [-0.2, -0.15) is 0 Å². The highest BCUT2D eigenvalue weighted by Crippen LogP contribution is 2.65. The molecule has 0 aliphatic heterocycles. The van der Waals surface area contributed by atoms with E-state index < -0.39 is 10.8 Å². The second-order valence-electron chi connectivity index (χ2n) is 23.0. The van der Waals surface area contributed by atoms with Gasteiger partial charge in [0.1, 0.15) is 0 Å². The Labute approximate surface area is 489 Å². The van der Waals surface area contributed by atoms with E-state index in [1.807, 2.05) is 0 Å².